The van der Waals surface area contributed by atoms with Crippen molar-refractivity contribution in [1.82, 2.24) is 10.2 Å². The largest absolute Gasteiger partial charge is 0.383 e. The minimum absolute atomic E-state index is 0.0544. The number of nitrogens with two attached hydrogens (primary N) is 1. The number of methoxy groups -OCH3 is 1. The van der Waals surface area contributed by atoms with E-state index in [0.717, 1.165) is 5.56 Å². The van der Waals surface area contributed by atoms with Crippen molar-refractivity contribution in [2.24, 2.45) is 17.6 Å². The monoisotopic (exact) mass is 400 g/mol. The molecule has 2 saturated heterocycles. The van der Waals surface area contributed by atoms with Gasteiger partial charge in [0.2, 0.25) is 23.6 Å². The number of amides is 4. The Hall–Kier alpha value is -2.78. The van der Waals surface area contributed by atoms with Gasteiger partial charge in [0, 0.05) is 30.8 Å². The topological polar surface area (TPSA) is 131 Å². The smallest absolute Gasteiger partial charge is 0.250 e. The second-order valence-electron chi connectivity index (χ2n) is 7.84. The van der Waals surface area contributed by atoms with E-state index in [9.17, 15) is 19.2 Å². The first kappa shape index (κ1) is 19.5. The Bertz CT molecular complexity index is 916. The van der Waals surface area contributed by atoms with Crippen LogP contribution in [0.25, 0.3) is 0 Å². The molecule has 2 fully saturated rings. The summed E-state index contributed by atoms with van der Waals surface area (Å²) in [7, 11) is 1.49. The Kier molecular flexibility index (Phi) is 4.66. The van der Waals surface area contributed by atoms with Crippen LogP contribution in [0.5, 0.6) is 0 Å². The van der Waals surface area contributed by atoms with Crippen LogP contribution in [0, 0.1) is 18.8 Å². The minimum atomic E-state index is -1.34. The van der Waals surface area contributed by atoms with E-state index in [1.807, 2.05) is 19.1 Å². The lowest BCUT2D eigenvalue weighted by Gasteiger charge is -2.29. The van der Waals surface area contributed by atoms with Crippen LogP contribution in [0.1, 0.15) is 24.0 Å². The van der Waals surface area contributed by atoms with Gasteiger partial charge < -0.3 is 15.8 Å². The highest BCUT2D eigenvalue weighted by Gasteiger charge is 2.70. The van der Waals surface area contributed by atoms with Crippen molar-refractivity contribution in [2.75, 3.05) is 25.6 Å². The molecule has 3 aliphatic rings. The van der Waals surface area contributed by atoms with Crippen molar-refractivity contribution >= 4 is 29.3 Å². The van der Waals surface area contributed by atoms with Crippen LogP contribution >= 0.6 is 0 Å². The minimum Gasteiger partial charge on any atom is -0.383 e. The van der Waals surface area contributed by atoms with E-state index < -0.39 is 35.2 Å². The van der Waals surface area contributed by atoms with Gasteiger partial charge in [0.1, 0.15) is 5.54 Å². The van der Waals surface area contributed by atoms with E-state index in [2.05, 4.69) is 10.6 Å². The van der Waals surface area contributed by atoms with Gasteiger partial charge >= 0.3 is 0 Å². The van der Waals surface area contributed by atoms with Crippen LogP contribution in [0.15, 0.2) is 18.2 Å². The maximum absolute atomic E-state index is 13.3. The Labute approximate surface area is 167 Å². The number of hydrogen-bond donors (Lipinski definition) is 3. The summed E-state index contributed by atoms with van der Waals surface area (Å²) < 4.78 is 5.04. The van der Waals surface area contributed by atoms with Crippen molar-refractivity contribution in [1.29, 1.82) is 0 Å². The van der Waals surface area contributed by atoms with E-state index in [1.54, 1.807) is 6.07 Å². The molecule has 1 spiro atoms. The lowest BCUT2D eigenvalue weighted by molar-refractivity contribution is -0.143. The van der Waals surface area contributed by atoms with Crippen LogP contribution in [0.4, 0.5) is 5.69 Å². The number of imide groups is 1. The molecule has 1 aromatic carbocycles. The quantitative estimate of drug-likeness (QED) is 0.559. The van der Waals surface area contributed by atoms with Gasteiger partial charge in [-0.3, -0.25) is 29.4 Å². The van der Waals surface area contributed by atoms with Gasteiger partial charge in [-0.2, -0.15) is 0 Å². The number of rotatable bonds is 6. The molecule has 9 nitrogen and oxygen atoms in total. The molecule has 9 heteroatoms. The summed E-state index contributed by atoms with van der Waals surface area (Å²) >= 11 is 0. The first-order valence-electron chi connectivity index (χ1n) is 9.64. The first-order valence-corrected chi connectivity index (χ1v) is 9.64. The number of carbonyl (C=O) groups is 4. The number of fused-ring (bicyclic) bond motifs is 4. The molecule has 1 aromatic rings. The zero-order valence-corrected chi connectivity index (χ0v) is 16.4. The molecule has 0 unspecified atom stereocenters. The van der Waals surface area contributed by atoms with Gasteiger partial charge in [0.05, 0.1) is 25.0 Å². The van der Waals surface area contributed by atoms with Crippen LogP contribution in [0.3, 0.4) is 0 Å². The Balaban J connectivity index is 1.81. The van der Waals surface area contributed by atoms with Gasteiger partial charge in [-0.25, -0.2) is 0 Å². The third kappa shape index (κ3) is 2.68. The third-order valence-corrected chi connectivity index (χ3v) is 6.27. The lowest BCUT2D eigenvalue weighted by atomic mass is 9.76. The summed E-state index contributed by atoms with van der Waals surface area (Å²) in [6, 6.07) is 4.99. The number of nitrogens with one attached hydrogen (secondary N) is 2. The number of nitrogens with zero attached hydrogens (tertiary/aromatic N) is 1. The van der Waals surface area contributed by atoms with Gasteiger partial charge in [0.25, 0.3) is 0 Å². The summed E-state index contributed by atoms with van der Waals surface area (Å²) in [6.45, 7) is 2.22. The maximum Gasteiger partial charge on any atom is 0.250 e. The molecule has 0 saturated carbocycles. The number of aryl methyl sites for hydroxylation is 1. The first-order chi connectivity index (χ1) is 13.8. The fraction of sp³-hybridized carbons (Fsp3) is 0.500. The Morgan fingerprint density at radius 2 is 2.03 bits per heavy atom. The molecule has 3 aliphatic heterocycles. The zero-order valence-electron chi connectivity index (χ0n) is 16.4. The number of primary amides is 1. The van der Waals surface area contributed by atoms with Crippen LogP contribution in [-0.4, -0.2) is 54.8 Å². The van der Waals surface area contributed by atoms with Gasteiger partial charge in [-0.15, -0.1) is 0 Å². The van der Waals surface area contributed by atoms with Crippen molar-refractivity contribution in [3.8, 4) is 0 Å². The van der Waals surface area contributed by atoms with E-state index in [1.165, 1.54) is 12.0 Å². The number of para-hydroxylation sites is 1. The summed E-state index contributed by atoms with van der Waals surface area (Å²) in [6.07, 6.45) is 0.322. The molecule has 4 atom stereocenters. The summed E-state index contributed by atoms with van der Waals surface area (Å²) in [4.78, 5) is 52.2. The van der Waals surface area contributed by atoms with E-state index in [4.69, 9.17) is 10.5 Å². The van der Waals surface area contributed by atoms with Crippen molar-refractivity contribution in [2.45, 2.75) is 31.3 Å². The van der Waals surface area contributed by atoms with Crippen molar-refractivity contribution in [3.05, 3.63) is 29.3 Å². The standard InChI is InChI=1S/C20H24N4O5/c1-10-4-3-5-11-16(10)22-19(28)20(11)15-14(12(23-20)6-7-13(21)25)17(26)24(18(15)27)8-9-29-2/h3-5,12,14-15,23H,6-9H2,1-2H3,(H2,21,25)(H,22,28)/t12-,14+,15-,20+/m0/s1. The second-order valence-corrected chi connectivity index (χ2v) is 7.84. The second kappa shape index (κ2) is 6.93. The molecular weight excluding hydrogens is 376 g/mol. The highest BCUT2D eigenvalue weighted by molar-refractivity contribution is 6.15. The molecule has 4 rings (SSSR count). The van der Waals surface area contributed by atoms with E-state index >= 15 is 0 Å². The number of anilines is 1. The van der Waals surface area contributed by atoms with Crippen LogP contribution in [-0.2, 0) is 29.5 Å². The maximum atomic E-state index is 13.3. The third-order valence-electron chi connectivity index (χ3n) is 6.27. The molecule has 154 valence electrons. The number of likely N-dealkylation sites (tertiary alicyclic amines) is 1. The van der Waals surface area contributed by atoms with E-state index in [-0.39, 0.29) is 37.8 Å². The average Bonchev–Trinajstić information content (AvgIpc) is 3.25. The molecule has 4 amide bonds. The van der Waals surface area contributed by atoms with Crippen LogP contribution < -0.4 is 16.4 Å². The van der Waals surface area contributed by atoms with Gasteiger partial charge in [-0.1, -0.05) is 18.2 Å². The molecule has 3 heterocycles. The molecule has 0 radical (unpaired) electrons. The van der Waals surface area contributed by atoms with Crippen LogP contribution in [0.2, 0.25) is 0 Å². The number of ether oxygens (including phenoxy) is 1. The zero-order chi connectivity index (χ0) is 20.9. The van der Waals surface area contributed by atoms with Gasteiger partial charge in [0.15, 0.2) is 0 Å². The number of carbonyl (C=O) groups excluding carboxylic acids is 4. The number of benzene rings is 1. The fourth-order valence-electron chi connectivity index (χ4n) is 4.98. The summed E-state index contributed by atoms with van der Waals surface area (Å²) in [5, 5.41) is 6.17. The van der Waals surface area contributed by atoms with Crippen molar-refractivity contribution in [3.63, 3.8) is 0 Å². The Morgan fingerprint density at radius 1 is 1.28 bits per heavy atom. The summed E-state index contributed by atoms with van der Waals surface area (Å²) in [5.74, 6) is -3.21. The lowest BCUT2D eigenvalue weighted by Crippen LogP contribution is -2.53. The highest BCUT2D eigenvalue weighted by Crippen LogP contribution is 2.53. The summed E-state index contributed by atoms with van der Waals surface area (Å²) in [5.41, 5.74) is 6.16. The molecule has 0 aliphatic carbocycles. The molecule has 4 N–H and O–H groups in total. The molecule has 0 aromatic heterocycles. The highest BCUT2D eigenvalue weighted by atomic mass is 16.5. The molecule has 0 bridgehead atoms. The van der Waals surface area contributed by atoms with Crippen molar-refractivity contribution < 1.29 is 23.9 Å². The SMILES string of the molecule is COCCN1C(=O)[C@@H]2[C@H](CCC(N)=O)N[C@@]3(C(=O)Nc4c(C)cccc43)[C@@H]2C1=O. The predicted molar refractivity (Wildman–Crippen MR) is 102 cm³/mol. The van der Waals surface area contributed by atoms with Gasteiger partial charge in [-0.05, 0) is 18.9 Å². The fourth-order valence-corrected chi connectivity index (χ4v) is 4.98. The number of hydrogen-bond acceptors (Lipinski definition) is 6. The molecule has 29 heavy (non-hydrogen) atoms. The van der Waals surface area contributed by atoms with E-state index in [0.29, 0.717) is 11.3 Å². The normalized spacial score (nSPS) is 30.1. The average molecular weight is 400 g/mol. The predicted octanol–water partition coefficient (Wildman–Crippen LogP) is -0.373. The molecular formula is C20H24N4O5. The Morgan fingerprint density at radius 3 is 2.72 bits per heavy atom.